The number of nitrogens with zero attached hydrogens (tertiary/aromatic N) is 1. The lowest BCUT2D eigenvalue weighted by atomic mass is 10.1. The molecule has 9 heteroatoms. The van der Waals surface area contributed by atoms with Crippen molar-refractivity contribution in [2.45, 2.75) is 0 Å². The Morgan fingerprint density at radius 3 is 2.76 bits per heavy atom. The van der Waals surface area contributed by atoms with E-state index in [9.17, 15) is 19.5 Å². The molecule has 0 radical (unpaired) electrons. The number of H-pyrrole nitrogens is 1. The molecule has 0 bridgehead atoms. The predicted molar refractivity (Wildman–Crippen MR) is 86.6 cm³/mol. The zero-order chi connectivity index (χ0) is 18.6. The maximum atomic E-state index is 12.2. The van der Waals surface area contributed by atoms with Gasteiger partial charge in [0.2, 0.25) is 0 Å². The molecule has 0 spiro atoms. The van der Waals surface area contributed by atoms with Crippen LogP contribution < -0.4 is 15.6 Å². The molecule has 0 aliphatic carbocycles. The Labute approximate surface area is 140 Å². The lowest BCUT2D eigenvalue weighted by molar-refractivity contribution is -0.135. The van der Waals surface area contributed by atoms with E-state index in [4.69, 9.17) is 15.1 Å². The average Bonchev–Trinajstić information content (AvgIpc) is 2.58. The molecule has 1 aromatic heterocycles. The van der Waals surface area contributed by atoms with Crippen molar-refractivity contribution in [2.24, 2.45) is 0 Å². The number of aliphatic carboxylic acids is 1. The van der Waals surface area contributed by atoms with Crippen molar-refractivity contribution in [3.8, 4) is 17.6 Å². The van der Waals surface area contributed by atoms with E-state index in [2.05, 4.69) is 11.6 Å². The molecule has 2 rings (SSSR count). The molecule has 0 fully saturated rings. The molecule has 0 saturated heterocycles. The SMILES string of the molecule is C=CCOc1cc(C#N)cc2c(O)c(C(=O)NCC(=O)O)c(=O)[nH]c12. The second kappa shape index (κ2) is 7.18. The number of aromatic amines is 1. The van der Waals surface area contributed by atoms with Crippen LogP contribution in [0.15, 0.2) is 29.6 Å². The van der Waals surface area contributed by atoms with E-state index in [0.717, 1.165) is 0 Å². The van der Waals surface area contributed by atoms with Crippen molar-refractivity contribution >= 4 is 22.8 Å². The number of carboxylic acid groups (broad SMARTS) is 1. The highest BCUT2D eigenvalue weighted by molar-refractivity contribution is 6.04. The Hall–Kier alpha value is -3.80. The summed E-state index contributed by atoms with van der Waals surface area (Å²) in [4.78, 5) is 37.1. The summed E-state index contributed by atoms with van der Waals surface area (Å²) in [5, 5.41) is 30.0. The number of pyridine rings is 1. The number of nitriles is 1. The molecule has 0 saturated carbocycles. The van der Waals surface area contributed by atoms with Gasteiger partial charge in [-0.1, -0.05) is 12.7 Å². The third kappa shape index (κ3) is 3.59. The van der Waals surface area contributed by atoms with Crippen LogP contribution in [0.4, 0.5) is 0 Å². The van der Waals surface area contributed by atoms with Gasteiger partial charge in [-0.25, -0.2) is 0 Å². The van der Waals surface area contributed by atoms with E-state index in [1.54, 1.807) is 0 Å². The van der Waals surface area contributed by atoms with Gasteiger partial charge < -0.3 is 25.3 Å². The number of benzene rings is 1. The molecule has 128 valence electrons. The molecular weight excluding hydrogens is 330 g/mol. The first-order chi connectivity index (χ1) is 11.9. The van der Waals surface area contributed by atoms with Gasteiger partial charge in [0, 0.05) is 11.5 Å². The van der Waals surface area contributed by atoms with Crippen molar-refractivity contribution in [2.75, 3.05) is 13.2 Å². The van der Waals surface area contributed by atoms with Gasteiger partial charge >= 0.3 is 5.97 Å². The predicted octanol–water partition coefficient (Wildman–Crippen LogP) is 0.485. The third-order valence-electron chi connectivity index (χ3n) is 3.17. The van der Waals surface area contributed by atoms with Crippen LogP contribution >= 0.6 is 0 Å². The van der Waals surface area contributed by atoms with Crippen LogP contribution in [0.3, 0.4) is 0 Å². The number of rotatable bonds is 6. The maximum Gasteiger partial charge on any atom is 0.322 e. The molecule has 9 nitrogen and oxygen atoms in total. The molecule has 25 heavy (non-hydrogen) atoms. The van der Waals surface area contributed by atoms with E-state index in [1.807, 2.05) is 11.4 Å². The van der Waals surface area contributed by atoms with Crippen LogP contribution in [-0.2, 0) is 4.79 Å². The first-order valence-corrected chi connectivity index (χ1v) is 6.95. The molecule has 1 heterocycles. The number of carbonyl (C=O) groups excluding carboxylic acids is 1. The molecule has 0 aliphatic heterocycles. The summed E-state index contributed by atoms with van der Waals surface area (Å²) in [6, 6.07) is 4.52. The summed E-state index contributed by atoms with van der Waals surface area (Å²) < 4.78 is 5.37. The molecule has 4 N–H and O–H groups in total. The molecule has 2 aromatic rings. The Kier molecular flexibility index (Phi) is 5.04. The average molecular weight is 343 g/mol. The van der Waals surface area contributed by atoms with Crippen LogP contribution in [0.2, 0.25) is 0 Å². The van der Waals surface area contributed by atoms with E-state index in [-0.39, 0.29) is 28.8 Å². The number of carbonyl (C=O) groups is 2. The van der Waals surface area contributed by atoms with Crippen molar-refractivity contribution in [1.29, 1.82) is 5.26 Å². The van der Waals surface area contributed by atoms with Crippen molar-refractivity contribution in [3.05, 3.63) is 46.3 Å². The summed E-state index contributed by atoms with van der Waals surface area (Å²) in [6.45, 7) is 2.86. The number of aromatic nitrogens is 1. The number of nitrogens with one attached hydrogen (secondary N) is 2. The molecular formula is C16H13N3O6. The zero-order valence-corrected chi connectivity index (χ0v) is 12.8. The first-order valence-electron chi connectivity index (χ1n) is 6.95. The van der Waals surface area contributed by atoms with Crippen molar-refractivity contribution < 1.29 is 24.5 Å². The fraction of sp³-hybridized carbons (Fsp3) is 0.125. The highest BCUT2D eigenvalue weighted by atomic mass is 16.5. The highest BCUT2D eigenvalue weighted by Gasteiger charge is 2.21. The van der Waals surface area contributed by atoms with Gasteiger partial charge in [-0.3, -0.25) is 14.4 Å². The lowest BCUT2D eigenvalue weighted by Crippen LogP contribution is -2.33. The monoisotopic (exact) mass is 343 g/mol. The minimum absolute atomic E-state index is 0.0122. The minimum atomic E-state index is -1.31. The third-order valence-corrected chi connectivity index (χ3v) is 3.17. The van der Waals surface area contributed by atoms with Gasteiger partial charge in [-0.05, 0) is 6.07 Å². The Morgan fingerprint density at radius 2 is 2.16 bits per heavy atom. The van der Waals surface area contributed by atoms with Crippen molar-refractivity contribution in [1.82, 2.24) is 10.3 Å². The standard InChI is InChI=1S/C16H13N3O6/c1-2-3-25-10-5-8(6-17)4-9-13(10)19-16(24)12(14(9)22)15(23)18-7-11(20)21/h2,4-5H,1,3,7H2,(H,18,23)(H,20,21)(H2,19,22,24). The minimum Gasteiger partial charge on any atom is -0.506 e. The summed E-state index contributed by atoms with van der Waals surface area (Å²) in [6.07, 6.45) is 1.45. The molecule has 1 aromatic carbocycles. The largest absolute Gasteiger partial charge is 0.506 e. The van der Waals surface area contributed by atoms with E-state index >= 15 is 0 Å². The zero-order valence-electron chi connectivity index (χ0n) is 12.8. The lowest BCUT2D eigenvalue weighted by Gasteiger charge is -2.11. The molecule has 0 unspecified atom stereocenters. The second-order valence-electron chi connectivity index (χ2n) is 4.86. The highest BCUT2D eigenvalue weighted by Crippen LogP contribution is 2.32. The first kappa shape index (κ1) is 17.6. The van der Waals surface area contributed by atoms with Gasteiger partial charge in [0.05, 0.1) is 17.1 Å². The molecule has 0 aliphatic rings. The van der Waals surface area contributed by atoms with Crippen LogP contribution in [0.1, 0.15) is 15.9 Å². The van der Waals surface area contributed by atoms with Crippen LogP contribution in [0.25, 0.3) is 10.9 Å². The van der Waals surface area contributed by atoms with E-state index in [1.165, 1.54) is 18.2 Å². The summed E-state index contributed by atoms with van der Waals surface area (Å²) in [5.74, 6) is -2.92. The number of aromatic hydroxyl groups is 1. The smallest absolute Gasteiger partial charge is 0.322 e. The van der Waals surface area contributed by atoms with Crippen LogP contribution in [0, 0.1) is 11.3 Å². The van der Waals surface area contributed by atoms with Crippen LogP contribution in [-0.4, -0.2) is 40.2 Å². The maximum absolute atomic E-state index is 12.2. The number of amides is 1. The number of hydrogen-bond acceptors (Lipinski definition) is 6. The van der Waals surface area contributed by atoms with Crippen molar-refractivity contribution in [3.63, 3.8) is 0 Å². The van der Waals surface area contributed by atoms with Gasteiger partial charge in [0.1, 0.15) is 30.2 Å². The fourth-order valence-corrected chi connectivity index (χ4v) is 2.13. The number of fused-ring (bicyclic) bond motifs is 1. The summed E-state index contributed by atoms with van der Waals surface area (Å²) in [7, 11) is 0. The Morgan fingerprint density at radius 1 is 1.44 bits per heavy atom. The second-order valence-corrected chi connectivity index (χ2v) is 4.86. The fourth-order valence-electron chi connectivity index (χ4n) is 2.13. The van der Waals surface area contributed by atoms with E-state index in [0.29, 0.717) is 0 Å². The topological polar surface area (TPSA) is 153 Å². The Balaban J connectivity index is 2.66. The quantitative estimate of drug-likeness (QED) is 0.557. The summed E-state index contributed by atoms with van der Waals surface area (Å²) in [5.41, 5.74) is -1.36. The molecule has 0 atom stereocenters. The molecule has 1 amide bonds. The van der Waals surface area contributed by atoms with Gasteiger partial charge in [0.15, 0.2) is 0 Å². The number of ether oxygens (including phenoxy) is 1. The van der Waals surface area contributed by atoms with E-state index < -0.39 is 35.3 Å². The normalized spacial score (nSPS) is 10.0. The Bertz CT molecular complexity index is 970. The number of hydrogen-bond donors (Lipinski definition) is 4. The van der Waals surface area contributed by atoms with Gasteiger partial charge in [-0.2, -0.15) is 5.26 Å². The summed E-state index contributed by atoms with van der Waals surface area (Å²) >= 11 is 0. The van der Waals surface area contributed by atoms with Gasteiger partial charge in [0.25, 0.3) is 11.5 Å². The van der Waals surface area contributed by atoms with Gasteiger partial charge in [-0.15, -0.1) is 0 Å². The number of carboxylic acids is 1. The van der Waals surface area contributed by atoms with Crippen LogP contribution in [0.5, 0.6) is 11.5 Å².